The number of alkyl halides is 6. The SMILES string of the molecule is CCCC(C1CCCCC1)(C(F)(F)F)C(F)(F)F. The smallest absolute Gasteiger partial charge is 0.170 e. The molecule has 1 aliphatic carbocycles. The van der Waals surface area contributed by atoms with E-state index in [1.54, 1.807) is 0 Å². The quantitative estimate of drug-likeness (QED) is 0.599. The minimum Gasteiger partial charge on any atom is -0.170 e. The third-order valence-corrected chi connectivity index (χ3v) is 3.96. The van der Waals surface area contributed by atoms with Crippen molar-refractivity contribution in [2.75, 3.05) is 0 Å². The summed E-state index contributed by atoms with van der Waals surface area (Å²) in [6.07, 6.45) is -9.70. The predicted octanol–water partition coefficient (Wildman–Crippen LogP) is 5.48. The van der Waals surface area contributed by atoms with Gasteiger partial charge in [-0.3, -0.25) is 0 Å². The Bertz CT molecular complexity index is 245. The van der Waals surface area contributed by atoms with Crippen LogP contribution in [0, 0.1) is 11.3 Å². The van der Waals surface area contributed by atoms with Gasteiger partial charge in [0.05, 0.1) is 0 Å². The molecule has 1 rings (SSSR count). The van der Waals surface area contributed by atoms with Gasteiger partial charge in [-0.25, -0.2) is 0 Å². The van der Waals surface area contributed by atoms with Gasteiger partial charge < -0.3 is 0 Å². The van der Waals surface area contributed by atoms with Crippen LogP contribution in [0.2, 0.25) is 0 Å². The van der Waals surface area contributed by atoms with Gasteiger partial charge in [0.2, 0.25) is 0 Å². The average Bonchev–Trinajstić information content (AvgIpc) is 2.23. The fourth-order valence-corrected chi connectivity index (χ4v) is 3.10. The lowest BCUT2D eigenvalue weighted by Gasteiger charge is -2.44. The van der Waals surface area contributed by atoms with Crippen molar-refractivity contribution in [3.05, 3.63) is 0 Å². The molecule has 0 radical (unpaired) electrons. The third-order valence-electron chi connectivity index (χ3n) is 3.96. The lowest BCUT2D eigenvalue weighted by molar-refractivity contribution is -0.363. The standard InChI is InChI=1S/C12H18F6/c1-2-8-10(11(13,14)15,12(16,17)18)9-6-4-3-5-7-9/h9H,2-8H2,1H3. The molecular formula is C12H18F6. The second-order valence-corrected chi connectivity index (χ2v) is 5.05. The van der Waals surface area contributed by atoms with Crippen LogP contribution in [-0.2, 0) is 0 Å². The molecule has 0 nitrogen and oxygen atoms in total. The van der Waals surface area contributed by atoms with Crippen molar-refractivity contribution in [1.82, 2.24) is 0 Å². The molecule has 0 spiro atoms. The van der Waals surface area contributed by atoms with Crippen LogP contribution in [-0.4, -0.2) is 12.4 Å². The maximum Gasteiger partial charge on any atom is 0.403 e. The molecule has 1 fully saturated rings. The van der Waals surface area contributed by atoms with E-state index in [0.717, 1.165) is 6.42 Å². The third kappa shape index (κ3) is 2.62. The Morgan fingerprint density at radius 2 is 1.28 bits per heavy atom. The van der Waals surface area contributed by atoms with Crippen LogP contribution >= 0.6 is 0 Å². The molecule has 18 heavy (non-hydrogen) atoms. The Balaban J connectivity index is 3.19. The minimum absolute atomic E-state index is 0.0268. The molecule has 0 unspecified atom stereocenters. The van der Waals surface area contributed by atoms with E-state index < -0.39 is 30.1 Å². The zero-order valence-corrected chi connectivity index (χ0v) is 10.3. The van der Waals surface area contributed by atoms with Gasteiger partial charge in [-0.05, 0) is 25.2 Å². The van der Waals surface area contributed by atoms with Crippen LogP contribution < -0.4 is 0 Å². The van der Waals surface area contributed by atoms with Crippen LogP contribution in [0.4, 0.5) is 26.3 Å². The summed E-state index contributed by atoms with van der Waals surface area (Å²) >= 11 is 0. The first kappa shape index (κ1) is 15.6. The monoisotopic (exact) mass is 276 g/mol. The summed E-state index contributed by atoms with van der Waals surface area (Å²) in [5, 5.41) is 0. The highest BCUT2D eigenvalue weighted by molar-refractivity contribution is 4.98. The summed E-state index contributed by atoms with van der Waals surface area (Å²) in [7, 11) is 0. The van der Waals surface area contributed by atoms with Gasteiger partial charge in [-0.1, -0.05) is 32.6 Å². The Morgan fingerprint density at radius 1 is 0.833 bits per heavy atom. The number of hydrogen-bond donors (Lipinski definition) is 0. The highest BCUT2D eigenvalue weighted by Gasteiger charge is 2.72. The molecule has 0 amide bonds. The van der Waals surface area contributed by atoms with E-state index in [1.807, 2.05) is 0 Å². The summed E-state index contributed by atoms with van der Waals surface area (Å²) in [4.78, 5) is 0. The largest absolute Gasteiger partial charge is 0.403 e. The van der Waals surface area contributed by atoms with E-state index >= 15 is 0 Å². The molecule has 1 aliphatic rings. The van der Waals surface area contributed by atoms with Crippen molar-refractivity contribution >= 4 is 0 Å². The van der Waals surface area contributed by atoms with Crippen molar-refractivity contribution in [3.8, 4) is 0 Å². The van der Waals surface area contributed by atoms with Crippen LogP contribution in [0.5, 0.6) is 0 Å². The Labute approximate surface area is 103 Å². The minimum atomic E-state index is -5.22. The first-order valence-electron chi connectivity index (χ1n) is 6.30. The van der Waals surface area contributed by atoms with Gasteiger partial charge in [-0.15, -0.1) is 0 Å². The highest BCUT2D eigenvalue weighted by Crippen LogP contribution is 2.60. The topological polar surface area (TPSA) is 0 Å². The van der Waals surface area contributed by atoms with Crippen molar-refractivity contribution in [3.63, 3.8) is 0 Å². The lowest BCUT2D eigenvalue weighted by Crippen LogP contribution is -2.55. The van der Waals surface area contributed by atoms with Crippen LogP contribution in [0.25, 0.3) is 0 Å². The predicted molar refractivity (Wildman–Crippen MR) is 56.0 cm³/mol. The first-order chi connectivity index (χ1) is 8.17. The van der Waals surface area contributed by atoms with Gasteiger partial charge in [0.25, 0.3) is 0 Å². The lowest BCUT2D eigenvalue weighted by atomic mass is 9.65. The van der Waals surface area contributed by atoms with Crippen molar-refractivity contribution in [2.45, 2.75) is 64.2 Å². The summed E-state index contributed by atoms with van der Waals surface area (Å²) < 4.78 is 78.7. The molecule has 0 heterocycles. The maximum absolute atomic E-state index is 13.1. The zero-order valence-electron chi connectivity index (χ0n) is 10.3. The summed E-state index contributed by atoms with van der Waals surface area (Å²) in [6, 6.07) is 0. The van der Waals surface area contributed by atoms with E-state index in [1.165, 1.54) is 6.92 Å². The molecule has 0 atom stereocenters. The van der Waals surface area contributed by atoms with E-state index in [2.05, 4.69) is 0 Å². The van der Waals surface area contributed by atoms with Crippen molar-refractivity contribution in [1.29, 1.82) is 0 Å². The molecule has 0 aliphatic heterocycles. The molecule has 0 aromatic heterocycles. The summed E-state index contributed by atoms with van der Waals surface area (Å²) in [5.74, 6) is -1.31. The molecule has 0 saturated heterocycles. The van der Waals surface area contributed by atoms with Crippen LogP contribution in [0.1, 0.15) is 51.9 Å². The molecule has 0 bridgehead atoms. The molecule has 0 aromatic carbocycles. The second-order valence-electron chi connectivity index (χ2n) is 5.05. The molecule has 1 saturated carbocycles. The normalized spacial score (nSPS) is 20.2. The van der Waals surface area contributed by atoms with Crippen LogP contribution in [0.15, 0.2) is 0 Å². The highest BCUT2D eigenvalue weighted by atomic mass is 19.4. The molecule has 0 N–H and O–H groups in total. The second kappa shape index (κ2) is 5.29. The number of halogens is 6. The van der Waals surface area contributed by atoms with Gasteiger partial charge >= 0.3 is 12.4 Å². The first-order valence-corrected chi connectivity index (χ1v) is 6.30. The van der Waals surface area contributed by atoms with Crippen molar-refractivity contribution < 1.29 is 26.3 Å². The van der Waals surface area contributed by atoms with Crippen molar-refractivity contribution in [2.24, 2.45) is 11.3 Å². The average molecular weight is 276 g/mol. The van der Waals surface area contributed by atoms with Crippen LogP contribution in [0.3, 0.4) is 0 Å². The zero-order chi connectivity index (χ0) is 14.0. The van der Waals surface area contributed by atoms with E-state index in [9.17, 15) is 26.3 Å². The molecule has 0 aromatic rings. The number of rotatable bonds is 3. The van der Waals surface area contributed by atoms with Gasteiger partial charge in [0, 0.05) is 0 Å². The fraction of sp³-hybridized carbons (Fsp3) is 1.00. The fourth-order valence-electron chi connectivity index (χ4n) is 3.10. The van der Waals surface area contributed by atoms with Gasteiger partial charge in [-0.2, -0.15) is 26.3 Å². The van der Waals surface area contributed by atoms with E-state index in [-0.39, 0.29) is 19.3 Å². The molecule has 108 valence electrons. The molecular weight excluding hydrogens is 258 g/mol. The summed E-state index contributed by atoms with van der Waals surface area (Å²) in [6.45, 7) is 1.37. The van der Waals surface area contributed by atoms with E-state index in [4.69, 9.17) is 0 Å². The van der Waals surface area contributed by atoms with Gasteiger partial charge in [0.15, 0.2) is 5.41 Å². The number of hydrogen-bond acceptors (Lipinski definition) is 0. The maximum atomic E-state index is 13.1. The summed E-state index contributed by atoms with van der Waals surface area (Å²) in [5.41, 5.74) is -3.50. The van der Waals surface area contributed by atoms with E-state index in [0.29, 0.717) is 12.8 Å². The Kier molecular flexibility index (Phi) is 4.60. The molecule has 6 heteroatoms. The Hall–Kier alpha value is -0.420. The van der Waals surface area contributed by atoms with Gasteiger partial charge in [0.1, 0.15) is 0 Å². The Morgan fingerprint density at radius 3 is 1.61 bits per heavy atom.